The van der Waals surface area contributed by atoms with Gasteiger partial charge in [-0.2, -0.15) is 0 Å². The maximum absolute atomic E-state index is 13.4. The molecule has 0 radical (unpaired) electrons. The van der Waals surface area contributed by atoms with E-state index in [1.54, 1.807) is 12.1 Å². The number of rotatable bonds is 6. The van der Waals surface area contributed by atoms with E-state index in [0.717, 1.165) is 17.5 Å². The number of H-pyrrole nitrogens is 1. The Morgan fingerprint density at radius 2 is 2.00 bits per heavy atom. The molecule has 150 valence electrons. The summed E-state index contributed by atoms with van der Waals surface area (Å²) in [4.78, 5) is 19.4. The fourth-order valence-electron chi connectivity index (χ4n) is 3.14. The van der Waals surface area contributed by atoms with E-state index in [4.69, 9.17) is 4.74 Å². The molecular weight excluding hydrogens is 405 g/mol. The van der Waals surface area contributed by atoms with Crippen LogP contribution in [0.3, 0.4) is 0 Å². The van der Waals surface area contributed by atoms with Crippen molar-refractivity contribution in [1.29, 1.82) is 0 Å². The second-order valence-electron chi connectivity index (χ2n) is 6.70. The fraction of sp³-hybridized carbons (Fsp3) is 0.200. The van der Waals surface area contributed by atoms with E-state index in [9.17, 15) is 23.1 Å². The van der Waals surface area contributed by atoms with Gasteiger partial charge in [-0.1, -0.05) is 0 Å². The maximum Gasteiger partial charge on any atom is 0.332 e. The van der Waals surface area contributed by atoms with Gasteiger partial charge in [0.25, 0.3) is 0 Å². The van der Waals surface area contributed by atoms with Crippen LogP contribution < -0.4 is 4.74 Å². The quantitative estimate of drug-likeness (QED) is 0.628. The third kappa shape index (κ3) is 3.95. The molecule has 0 aliphatic carbocycles. The van der Waals surface area contributed by atoms with Gasteiger partial charge in [0.15, 0.2) is 17.2 Å². The monoisotopic (exact) mass is 420 g/mol. The van der Waals surface area contributed by atoms with Crippen LogP contribution in [0.4, 0.5) is 13.2 Å². The van der Waals surface area contributed by atoms with Crippen LogP contribution in [0.1, 0.15) is 5.69 Å². The number of carboxylic acids is 1. The number of hydrogen-bond acceptors (Lipinski definition) is 4. The minimum absolute atomic E-state index is 0.0529. The summed E-state index contributed by atoms with van der Waals surface area (Å²) in [5.74, 6) is -3.16. The molecule has 3 aromatic rings. The van der Waals surface area contributed by atoms with Gasteiger partial charge in [0.05, 0.1) is 0 Å². The largest absolute Gasteiger partial charge is 0.487 e. The molecule has 29 heavy (non-hydrogen) atoms. The van der Waals surface area contributed by atoms with Crippen molar-refractivity contribution in [3.8, 4) is 5.75 Å². The first-order chi connectivity index (χ1) is 13.8. The smallest absolute Gasteiger partial charge is 0.332 e. The Kier molecular flexibility index (Phi) is 4.99. The zero-order chi connectivity index (χ0) is 20.6. The van der Waals surface area contributed by atoms with Crippen LogP contribution in [-0.2, 0) is 11.2 Å². The highest BCUT2D eigenvalue weighted by Crippen LogP contribution is 2.33. The second-order valence-corrected chi connectivity index (χ2v) is 7.75. The van der Waals surface area contributed by atoms with Crippen molar-refractivity contribution in [2.45, 2.75) is 12.0 Å². The van der Waals surface area contributed by atoms with Gasteiger partial charge in [0.2, 0.25) is 0 Å². The molecule has 1 aromatic heterocycles. The first-order valence-electron chi connectivity index (χ1n) is 8.65. The summed E-state index contributed by atoms with van der Waals surface area (Å²) in [6, 6.07) is 9.23. The standard InChI is InChI=1S/C20H15F3N2O3S/c21-12-2-1-11-5-13(24-17(11)6-12)8-20(19(26)27)10-29-18(25-20)9-28-14-3-4-15(22)16(23)7-14/h1-7,24H,8-10H2,(H,26,27). The number of thioether (sulfide) groups is 1. The minimum Gasteiger partial charge on any atom is -0.487 e. The minimum atomic E-state index is -1.39. The lowest BCUT2D eigenvalue weighted by Crippen LogP contribution is -2.39. The third-order valence-corrected chi connectivity index (χ3v) is 5.76. The van der Waals surface area contributed by atoms with Gasteiger partial charge in [0.1, 0.15) is 23.2 Å². The van der Waals surface area contributed by atoms with Gasteiger partial charge in [-0.05, 0) is 41.8 Å². The number of aromatic amines is 1. The summed E-state index contributed by atoms with van der Waals surface area (Å²) in [6.45, 7) is -0.0529. The highest BCUT2D eigenvalue weighted by molar-refractivity contribution is 8.14. The van der Waals surface area contributed by atoms with Crippen LogP contribution in [0, 0.1) is 17.5 Å². The summed E-state index contributed by atoms with van der Waals surface area (Å²) >= 11 is 1.24. The molecule has 2 heterocycles. The lowest BCUT2D eigenvalue weighted by molar-refractivity contribution is -0.142. The summed E-state index contributed by atoms with van der Waals surface area (Å²) in [6.07, 6.45) is 0.0975. The van der Waals surface area contributed by atoms with Crippen molar-refractivity contribution >= 4 is 33.7 Å². The van der Waals surface area contributed by atoms with Crippen LogP contribution >= 0.6 is 11.8 Å². The van der Waals surface area contributed by atoms with Gasteiger partial charge in [-0.3, -0.25) is 4.99 Å². The van der Waals surface area contributed by atoms with Crippen LogP contribution in [-0.4, -0.2) is 39.0 Å². The molecule has 0 spiro atoms. The predicted molar refractivity (Wildman–Crippen MR) is 104 cm³/mol. The second kappa shape index (κ2) is 7.47. The lowest BCUT2D eigenvalue weighted by Gasteiger charge is -2.19. The maximum atomic E-state index is 13.4. The molecular formula is C20H15F3N2O3S. The molecule has 0 saturated carbocycles. The van der Waals surface area contributed by atoms with E-state index in [1.807, 2.05) is 0 Å². The van der Waals surface area contributed by atoms with E-state index in [0.29, 0.717) is 16.3 Å². The van der Waals surface area contributed by atoms with E-state index in [2.05, 4.69) is 9.98 Å². The fourth-order valence-corrected chi connectivity index (χ4v) is 4.21. The molecule has 5 nitrogen and oxygen atoms in total. The number of carbonyl (C=O) groups is 1. The molecule has 1 aliphatic heterocycles. The Morgan fingerprint density at radius 3 is 2.76 bits per heavy atom. The average Bonchev–Trinajstić information content (AvgIpc) is 3.27. The lowest BCUT2D eigenvalue weighted by atomic mass is 9.96. The zero-order valence-electron chi connectivity index (χ0n) is 14.9. The number of aliphatic imine (C=N–C) groups is 1. The molecule has 1 unspecified atom stereocenters. The molecule has 2 aromatic carbocycles. The highest BCUT2D eigenvalue weighted by Gasteiger charge is 2.43. The number of carboxylic acid groups (broad SMARTS) is 1. The number of aromatic nitrogens is 1. The predicted octanol–water partition coefficient (Wildman–Crippen LogP) is 4.18. The van der Waals surface area contributed by atoms with Gasteiger partial charge in [-0.25, -0.2) is 18.0 Å². The number of nitrogens with one attached hydrogen (secondary N) is 1. The summed E-state index contributed by atoms with van der Waals surface area (Å²) < 4.78 is 45.0. The van der Waals surface area contributed by atoms with E-state index in [-0.39, 0.29) is 30.3 Å². The Hall–Kier alpha value is -2.94. The normalized spacial score (nSPS) is 18.8. The summed E-state index contributed by atoms with van der Waals surface area (Å²) in [5.41, 5.74) is -0.186. The van der Waals surface area contributed by atoms with Crippen LogP contribution in [0.25, 0.3) is 10.9 Å². The van der Waals surface area contributed by atoms with Crippen LogP contribution in [0.2, 0.25) is 0 Å². The van der Waals surface area contributed by atoms with Gasteiger partial charge in [-0.15, -0.1) is 11.8 Å². The van der Waals surface area contributed by atoms with E-state index >= 15 is 0 Å². The van der Waals surface area contributed by atoms with Crippen molar-refractivity contribution in [2.24, 2.45) is 4.99 Å². The van der Waals surface area contributed by atoms with Crippen molar-refractivity contribution in [1.82, 2.24) is 4.98 Å². The first kappa shape index (κ1) is 19.4. The molecule has 0 bridgehead atoms. The average molecular weight is 420 g/mol. The number of fused-ring (bicyclic) bond motifs is 1. The highest BCUT2D eigenvalue weighted by atomic mass is 32.2. The van der Waals surface area contributed by atoms with E-state index < -0.39 is 23.1 Å². The SMILES string of the molecule is O=C(O)C1(Cc2cc3ccc(F)cc3[nH]2)CSC(COc2ccc(F)c(F)c2)=N1. The van der Waals surface area contributed by atoms with E-state index in [1.165, 1.54) is 30.0 Å². The van der Waals surface area contributed by atoms with Crippen LogP contribution in [0.15, 0.2) is 47.5 Å². The number of aliphatic carboxylic acids is 1. The third-order valence-electron chi connectivity index (χ3n) is 4.59. The first-order valence-corrected chi connectivity index (χ1v) is 9.63. The number of halogens is 3. The number of benzene rings is 2. The van der Waals surface area contributed by atoms with Crippen molar-refractivity contribution in [2.75, 3.05) is 12.4 Å². The van der Waals surface area contributed by atoms with Crippen molar-refractivity contribution in [3.05, 3.63) is 65.6 Å². The van der Waals surface area contributed by atoms with Gasteiger partial charge < -0.3 is 14.8 Å². The van der Waals surface area contributed by atoms with Gasteiger partial charge >= 0.3 is 5.97 Å². The van der Waals surface area contributed by atoms with Crippen LogP contribution in [0.5, 0.6) is 5.75 Å². The molecule has 0 saturated heterocycles. The molecule has 9 heteroatoms. The zero-order valence-corrected chi connectivity index (χ0v) is 15.7. The Labute approximate surface area is 167 Å². The topological polar surface area (TPSA) is 74.7 Å². The summed E-state index contributed by atoms with van der Waals surface area (Å²) in [5, 5.41) is 11.0. The Balaban J connectivity index is 1.52. The van der Waals surface area contributed by atoms with Gasteiger partial charge in [0, 0.05) is 29.5 Å². The number of hydrogen-bond donors (Lipinski definition) is 2. The Bertz CT molecular complexity index is 1130. The number of nitrogens with zero attached hydrogens (tertiary/aromatic N) is 1. The Morgan fingerprint density at radius 1 is 1.17 bits per heavy atom. The van der Waals surface area contributed by atoms with Crippen molar-refractivity contribution in [3.63, 3.8) is 0 Å². The molecule has 2 N–H and O–H groups in total. The molecule has 1 atom stereocenters. The van der Waals surface area contributed by atoms with Crippen molar-refractivity contribution < 1.29 is 27.8 Å². The molecule has 1 aliphatic rings. The summed E-state index contributed by atoms with van der Waals surface area (Å²) in [7, 11) is 0. The molecule has 4 rings (SSSR count). The molecule has 0 fully saturated rings. The number of ether oxygens (including phenoxy) is 1. The molecule has 0 amide bonds.